The smallest absolute Gasteiger partial charge is 0.133 e. The van der Waals surface area contributed by atoms with Crippen LogP contribution in [0.1, 0.15) is 31.4 Å². The number of nitrogens with zero attached hydrogens (tertiary/aromatic N) is 3. The molecule has 0 fully saturated rings. The molecule has 2 N–H and O–H groups in total. The summed E-state index contributed by atoms with van der Waals surface area (Å²) in [6, 6.07) is 0. The fourth-order valence-corrected chi connectivity index (χ4v) is 2.18. The molecule has 78 valence electrons. The molecule has 0 saturated heterocycles. The summed E-state index contributed by atoms with van der Waals surface area (Å²) in [5.41, 5.74) is 5.58. The summed E-state index contributed by atoms with van der Waals surface area (Å²) in [6.45, 7) is 4.00. The van der Waals surface area contributed by atoms with Gasteiger partial charge in [0, 0.05) is 19.4 Å². The fraction of sp³-hybridized carbons (Fsp3) is 0.800. The number of rotatable bonds is 3. The molecule has 0 aliphatic carbocycles. The van der Waals surface area contributed by atoms with Gasteiger partial charge in [0.2, 0.25) is 0 Å². The lowest BCUT2D eigenvalue weighted by molar-refractivity contribution is 0.343. The Balaban J connectivity index is 2.14. The molecule has 2 rings (SSSR count). The molecule has 0 spiro atoms. The van der Waals surface area contributed by atoms with Crippen LogP contribution in [0, 0.1) is 5.92 Å². The molecule has 4 heteroatoms. The normalized spacial score (nSPS) is 20.9. The van der Waals surface area contributed by atoms with Crippen LogP contribution in [0.15, 0.2) is 0 Å². The zero-order valence-electron chi connectivity index (χ0n) is 8.74. The van der Waals surface area contributed by atoms with Gasteiger partial charge in [-0.1, -0.05) is 6.92 Å². The molecule has 1 aromatic rings. The van der Waals surface area contributed by atoms with Crippen LogP contribution in [-0.2, 0) is 19.4 Å². The van der Waals surface area contributed by atoms with Gasteiger partial charge in [-0.25, -0.2) is 0 Å². The largest absolute Gasteiger partial charge is 0.330 e. The summed E-state index contributed by atoms with van der Waals surface area (Å²) >= 11 is 0. The molecule has 0 amide bonds. The molecule has 1 aliphatic heterocycles. The molecule has 1 atom stereocenters. The third-order valence-corrected chi connectivity index (χ3v) is 3.01. The molecule has 1 unspecified atom stereocenters. The topological polar surface area (TPSA) is 56.7 Å². The minimum absolute atomic E-state index is 0.730. The van der Waals surface area contributed by atoms with E-state index in [1.807, 2.05) is 0 Å². The Labute approximate surface area is 84.5 Å². The van der Waals surface area contributed by atoms with Crippen LogP contribution in [0.4, 0.5) is 0 Å². The molecule has 1 aromatic heterocycles. The van der Waals surface area contributed by atoms with E-state index in [0.717, 1.165) is 49.9 Å². The molecule has 0 radical (unpaired) electrons. The summed E-state index contributed by atoms with van der Waals surface area (Å²) in [7, 11) is 0. The standard InChI is InChI=1S/C10H18N4/c1-2-9-12-13-10-4-3-8(5-6-11)7-14(9)10/h8H,2-7,11H2,1H3. The lowest BCUT2D eigenvalue weighted by Crippen LogP contribution is -2.23. The lowest BCUT2D eigenvalue weighted by atomic mass is 9.96. The van der Waals surface area contributed by atoms with Crippen LogP contribution >= 0.6 is 0 Å². The first-order valence-corrected chi connectivity index (χ1v) is 5.46. The van der Waals surface area contributed by atoms with Crippen molar-refractivity contribution in [3.05, 3.63) is 11.6 Å². The minimum Gasteiger partial charge on any atom is -0.330 e. The Kier molecular flexibility index (Phi) is 2.82. The molecule has 4 nitrogen and oxygen atoms in total. The molecule has 0 bridgehead atoms. The Hall–Kier alpha value is -0.900. The average molecular weight is 194 g/mol. The Morgan fingerprint density at radius 2 is 2.36 bits per heavy atom. The van der Waals surface area contributed by atoms with Gasteiger partial charge in [0.25, 0.3) is 0 Å². The maximum Gasteiger partial charge on any atom is 0.133 e. The van der Waals surface area contributed by atoms with E-state index in [1.54, 1.807) is 0 Å². The zero-order valence-corrected chi connectivity index (χ0v) is 8.74. The second-order valence-corrected chi connectivity index (χ2v) is 3.98. The SMILES string of the molecule is CCc1nnc2n1CC(CCN)CC2. The van der Waals surface area contributed by atoms with Crippen molar-refractivity contribution in [3.63, 3.8) is 0 Å². The Morgan fingerprint density at radius 1 is 1.50 bits per heavy atom. The molecular weight excluding hydrogens is 176 g/mol. The van der Waals surface area contributed by atoms with Gasteiger partial charge in [-0.05, 0) is 25.3 Å². The van der Waals surface area contributed by atoms with E-state index in [4.69, 9.17) is 5.73 Å². The van der Waals surface area contributed by atoms with Gasteiger partial charge in [0.15, 0.2) is 0 Å². The number of fused-ring (bicyclic) bond motifs is 1. The highest BCUT2D eigenvalue weighted by Crippen LogP contribution is 2.22. The highest BCUT2D eigenvalue weighted by atomic mass is 15.3. The van der Waals surface area contributed by atoms with Crippen LogP contribution in [0.25, 0.3) is 0 Å². The number of hydrogen-bond acceptors (Lipinski definition) is 3. The van der Waals surface area contributed by atoms with Crippen molar-refractivity contribution in [1.29, 1.82) is 0 Å². The summed E-state index contributed by atoms with van der Waals surface area (Å²) in [5, 5.41) is 8.40. The highest BCUT2D eigenvalue weighted by molar-refractivity contribution is 4.99. The molecule has 2 heterocycles. The van der Waals surface area contributed by atoms with Crippen LogP contribution in [0.5, 0.6) is 0 Å². The average Bonchev–Trinajstić information content (AvgIpc) is 2.60. The van der Waals surface area contributed by atoms with E-state index in [0.29, 0.717) is 0 Å². The van der Waals surface area contributed by atoms with E-state index in [-0.39, 0.29) is 0 Å². The summed E-state index contributed by atoms with van der Waals surface area (Å²) in [4.78, 5) is 0. The molecule has 0 saturated carbocycles. The van der Waals surface area contributed by atoms with E-state index in [2.05, 4.69) is 21.7 Å². The first-order valence-electron chi connectivity index (χ1n) is 5.46. The van der Waals surface area contributed by atoms with E-state index < -0.39 is 0 Å². The van der Waals surface area contributed by atoms with E-state index >= 15 is 0 Å². The Bertz CT molecular complexity index is 292. The summed E-state index contributed by atoms with van der Waals surface area (Å²) < 4.78 is 2.28. The molecule has 1 aliphatic rings. The lowest BCUT2D eigenvalue weighted by Gasteiger charge is -2.23. The van der Waals surface area contributed by atoms with Gasteiger partial charge in [0.1, 0.15) is 11.6 Å². The minimum atomic E-state index is 0.730. The third-order valence-electron chi connectivity index (χ3n) is 3.01. The van der Waals surface area contributed by atoms with Gasteiger partial charge < -0.3 is 10.3 Å². The highest BCUT2D eigenvalue weighted by Gasteiger charge is 2.21. The third kappa shape index (κ3) is 1.66. The Morgan fingerprint density at radius 3 is 3.07 bits per heavy atom. The van der Waals surface area contributed by atoms with E-state index in [1.165, 1.54) is 6.42 Å². The van der Waals surface area contributed by atoms with Crippen molar-refractivity contribution >= 4 is 0 Å². The van der Waals surface area contributed by atoms with Crippen LogP contribution in [0.3, 0.4) is 0 Å². The predicted molar refractivity (Wildman–Crippen MR) is 54.9 cm³/mol. The number of aromatic nitrogens is 3. The van der Waals surface area contributed by atoms with E-state index in [9.17, 15) is 0 Å². The van der Waals surface area contributed by atoms with Gasteiger partial charge in [-0.2, -0.15) is 0 Å². The van der Waals surface area contributed by atoms with Crippen molar-refractivity contribution in [3.8, 4) is 0 Å². The first-order chi connectivity index (χ1) is 6.85. The first kappa shape index (κ1) is 9.65. The summed E-state index contributed by atoms with van der Waals surface area (Å²) in [5.74, 6) is 3.02. The predicted octanol–water partition coefficient (Wildman–Crippen LogP) is 0.752. The molecule has 14 heavy (non-hydrogen) atoms. The van der Waals surface area contributed by atoms with Crippen molar-refractivity contribution < 1.29 is 0 Å². The van der Waals surface area contributed by atoms with Crippen molar-refractivity contribution in [2.75, 3.05) is 6.54 Å². The number of nitrogens with two attached hydrogens (primary N) is 1. The van der Waals surface area contributed by atoms with Crippen molar-refractivity contribution in [1.82, 2.24) is 14.8 Å². The van der Waals surface area contributed by atoms with Crippen LogP contribution in [0.2, 0.25) is 0 Å². The second-order valence-electron chi connectivity index (χ2n) is 3.98. The number of aryl methyl sites for hydroxylation is 2. The maximum absolute atomic E-state index is 5.58. The van der Waals surface area contributed by atoms with Gasteiger partial charge >= 0.3 is 0 Å². The van der Waals surface area contributed by atoms with Crippen molar-refractivity contribution in [2.24, 2.45) is 11.7 Å². The monoisotopic (exact) mass is 194 g/mol. The maximum atomic E-state index is 5.58. The van der Waals surface area contributed by atoms with Gasteiger partial charge in [-0.15, -0.1) is 10.2 Å². The second kappa shape index (κ2) is 4.09. The van der Waals surface area contributed by atoms with Gasteiger partial charge in [0.05, 0.1) is 0 Å². The molecule has 0 aromatic carbocycles. The van der Waals surface area contributed by atoms with Gasteiger partial charge in [-0.3, -0.25) is 0 Å². The fourth-order valence-electron chi connectivity index (χ4n) is 2.18. The zero-order chi connectivity index (χ0) is 9.97. The van der Waals surface area contributed by atoms with Crippen LogP contribution in [-0.4, -0.2) is 21.3 Å². The summed E-state index contributed by atoms with van der Waals surface area (Å²) in [6.07, 6.45) is 4.39. The number of hydrogen-bond donors (Lipinski definition) is 1. The van der Waals surface area contributed by atoms with Crippen molar-refractivity contribution in [2.45, 2.75) is 39.2 Å². The quantitative estimate of drug-likeness (QED) is 0.772. The van der Waals surface area contributed by atoms with Crippen LogP contribution < -0.4 is 5.73 Å². The molecular formula is C10H18N4.